The Hall–Kier alpha value is -3.35. The summed E-state index contributed by atoms with van der Waals surface area (Å²) in [6.45, 7) is 2.08. The van der Waals surface area contributed by atoms with E-state index in [0.717, 1.165) is 31.5 Å². The molecule has 29 heavy (non-hydrogen) atoms. The average Bonchev–Trinajstić information content (AvgIpc) is 3.30. The maximum Gasteiger partial charge on any atom is 0.253 e. The van der Waals surface area contributed by atoms with Crippen LogP contribution in [-0.2, 0) is 11.3 Å². The molecule has 0 atom stereocenters. The summed E-state index contributed by atoms with van der Waals surface area (Å²) < 4.78 is 0. The van der Waals surface area contributed by atoms with Gasteiger partial charge < -0.3 is 20.9 Å². The smallest absolute Gasteiger partial charge is 0.253 e. The van der Waals surface area contributed by atoms with Crippen molar-refractivity contribution in [3.05, 3.63) is 65.2 Å². The SMILES string of the molecule is CNC(=O)c1ccccc1NCC(=O)NCc1ccc(C(=O)N2CCCC2)cc1. The van der Waals surface area contributed by atoms with E-state index in [1.165, 1.54) is 0 Å². The first-order valence-electron chi connectivity index (χ1n) is 9.78. The molecule has 0 spiro atoms. The van der Waals surface area contributed by atoms with Crippen LogP contribution in [0, 0.1) is 0 Å². The van der Waals surface area contributed by atoms with Gasteiger partial charge in [0.2, 0.25) is 5.91 Å². The lowest BCUT2D eigenvalue weighted by Crippen LogP contribution is -2.30. The summed E-state index contributed by atoms with van der Waals surface area (Å²) in [5.41, 5.74) is 2.68. The summed E-state index contributed by atoms with van der Waals surface area (Å²) in [6.07, 6.45) is 2.13. The van der Waals surface area contributed by atoms with Crippen molar-refractivity contribution in [2.75, 3.05) is 32.0 Å². The molecule has 1 aliphatic heterocycles. The molecule has 2 aromatic rings. The fourth-order valence-electron chi connectivity index (χ4n) is 3.28. The molecule has 0 bridgehead atoms. The van der Waals surface area contributed by atoms with Gasteiger partial charge in [0.05, 0.1) is 12.1 Å². The molecule has 7 heteroatoms. The second-order valence-corrected chi connectivity index (χ2v) is 6.95. The molecular weight excluding hydrogens is 368 g/mol. The Bertz CT molecular complexity index is 874. The predicted molar refractivity (Wildman–Crippen MR) is 112 cm³/mol. The number of rotatable bonds is 7. The molecule has 1 fully saturated rings. The summed E-state index contributed by atoms with van der Waals surface area (Å²) in [4.78, 5) is 38.3. The van der Waals surface area contributed by atoms with E-state index in [9.17, 15) is 14.4 Å². The minimum Gasteiger partial charge on any atom is -0.376 e. The fourth-order valence-corrected chi connectivity index (χ4v) is 3.28. The molecule has 1 aliphatic rings. The zero-order valence-electron chi connectivity index (χ0n) is 16.5. The fraction of sp³-hybridized carbons (Fsp3) is 0.318. The van der Waals surface area contributed by atoms with E-state index in [0.29, 0.717) is 23.4 Å². The molecule has 1 saturated heterocycles. The van der Waals surface area contributed by atoms with Crippen LogP contribution in [0.5, 0.6) is 0 Å². The first-order valence-corrected chi connectivity index (χ1v) is 9.78. The maximum absolute atomic E-state index is 12.4. The van der Waals surface area contributed by atoms with E-state index in [1.807, 2.05) is 17.0 Å². The number of anilines is 1. The van der Waals surface area contributed by atoms with Crippen LogP contribution in [0.2, 0.25) is 0 Å². The van der Waals surface area contributed by atoms with Crippen LogP contribution >= 0.6 is 0 Å². The van der Waals surface area contributed by atoms with Gasteiger partial charge in [-0.1, -0.05) is 24.3 Å². The van der Waals surface area contributed by atoms with Gasteiger partial charge >= 0.3 is 0 Å². The molecule has 1 heterocycles. The third-order valence-electron chi connectivity index (χ3n) is 4.92. The number of hydrogen-bond acceptors (Lipinski definition) is 4. The average molecular weight is 394 g/mol. The highest BCUT2D eigenvalue weighted by atomic mass is 16.2. The lowest BCUT2D eigenvalue weighted by molar-refractivity contribution is -0.119. The molecule has 3 rings (SSSR count). The number of nitrogens with one attached hydrogen (secondary N) is 3. The Morgan fingerprint density at radius 2 is 1.66 bits per heavy atom. The topological polar surface area (TPSA) is 90.5 Å². The summed E-state index contributed by atoms with van der Waals surface area (Å²) >= 11 is 0. The Balaban J connectivity index is 1.48. The van der Waals surface area contributed by atoms with Crippen molar-refractivity contribution in [3.8, 4) is 0 Å². The van der Waals surface area contributed by atoms with Crippen molar-refractivity contribution in [3.63, 3.8) is 0 Å². The Morgan fingerprint density at radius 1 is 0.966 bits per heavy atom. The van der Waals surface area contributed by atoms with Gasteiger partial charge in [0.1, 0.15) is 0 Å². The molecule has 0 aliphatic carbocycles. The van der Waals surface area contributed by atoms with Gasteiger partial charge in [-0.2, -0.15) is 0 Å². The number of nitrogens with zero attached hydrogens (tertiary/aromatic N) is 1. The minimum absolute atomic E-state index is 0.0551. The van der Waals surface area contributed by atoms with E-state index >= 15 is 0 Å². The van der Waals surface area contributed by atoms with Crippen LogP contribution in [-0.4, -0.2) is 49.3 Å². The second-order valence-electron chi connectivity index (χ2n) is 6.95. The Labute approximate surface area is 170 Å². The van der Waals surface area contributed by atoms with Crippen molar-refractivity contribution in [1.82, 2.24) is 15.5 Å². The Morgan fingerprint density at radius 3 is 2.34 bits per heavy atom. The first kappa shape index (κ1) is 20.4. The Kier molecular flexibility index (Phi) is 6.84. The summed E-state index contributed by atoms with van der Waals surface area (Å²) in [7, 11) is 1.57. The normalized spacial score (nSPS) is 13.1. The van der Waals surface area contributed by atoms with Crippen LogP contribution in [0.15, 0.2) is 48.5 Å². The highest BCUT2D eigenvalue weighted by Crippen LogP contribution is 2.15. The number of hydrogen-bond donors (Lipinski definition) is 3. The number of likely N-dealkylation sites (tertiary alicyclic amines) is 1. The zero-order chi connectivity index (χ0) is 20.6. The molecule has 0 aromatic heterocycles. The largest absolute Gasteiger partial charge is 0.376 e. The molecular formula is C22H26N4O3. The van der Waals surface area contributed by atoms with Crippen molar-refractivity contribution in [2.45, 2.75) is 19.4 Å². The van der Waals surface area contributed by atoms with E-state index < -0.39 is 0 Å². The lowest BCUT2D eigenvalue weighted by atomic mass is 10.1. The molecule has 3 N–H and O–H groups in total. The van der Waals surface area contributed by atoms with Crippen molar-refractivity contribution in [1.29, 1.82) is 0 Å². The van der Waals surface area contributed by atoms with Crippen molar-refractivity contribution in [2.24, 2.45) is 0 Å². The van der Waals surface area contributed by atoms with Crippen LogP contribution in [0.25, 0.3) is 0 Å². The predicted octanol–water partition coefficient (Wildman–Crippen LogP) is 2.01. The number of carbonyl (C=O) groups is 3. The van der Waals surface area contributed by atoms with Crippen LogP contribution in [0.1, 0.15) is 39.1 Å². The number of para-hydroxylation sites is 1. The quantitative estimate of drug-likeness (QED) is 0.670. The zero-order valence-corrected chi connectivity index (χ0v) is 16.5. The molecule has 7 nitrogen and oxygen atoms in total. The van der Waals surface area contributed by atoms with E-state index in [1.54, 1.807) is 43.4 Å². The molecule has 0 unspecified atom stereocenters. The lowest BCUT2D eigenvalue weighted by Gasteiger charge is -2.15. The molecule has 0 saturated carbocycles. The van der Waals surface area contributed by atoms with Crippen molar-refractivity contribution < 1.29 is 14.4 Å². The molecule has 0 radical (unpaired) electrons. The van der Waals surface area contributed by atoms with Crippen LogP contribution in [0.3, 0.4) is 0 Å². The number of amides is 3. The third kappa shape index (κ3) is 5.34. The first-order chi connectivity index (χ1) is 14.1. The van der Waals surface area contributed by atoms with E-state index in [2.05, 4.69) is 16.0 Å². The summed E-state index contributed by atoms with van der Waals surface area (Å²) in [5.74, 6) is -0.330. The standard InChI is InChI=1S/C22H26N4O3/c1-23-21(28)18-6-2-3-7-19(18)24-15-20(27)25-14-16-8-10-17(11-9-16)22(29)26-12-4-5-13-26/h2-3,6-11,24H,4-5,12-15H2,1H3,(H,23,28)(H,25,27). The van der Waals surface area contributed by atoms with Gasteiger partial charge in [-0.3, -0.25) is 14.4 Å². The number of carbonyl (C=O) groups excluding carboxylic acids is 3. The molecule has 2 aromatic carbocycles. The second kappa shape index (κ2) is 9.73. The van der Waals surface area contributed by atoms with E-state index in [4.69, 9.17) is 0 Å². The van der Waals surface area contributed by atoms with Gasteiger partial charge in [-0.15, -0.1) is 0 Å². The third-order valence-corrected chi connectivity index (χ3v) is 4.92. The van der Waals surface area contributed by atoms with Gasteiger partial charge in [0, 0.05) is 37.9 Å². The molecule has 152 valence electrons. The van der Waals surface area contributed by atoms with Crippen LogP contribution in [0.4, 0.5) is 5.69 Å². The highest BCUT2D eigenvalue weighted by Gasteiger charge is 2.19. The van der Waals surface area contributed by atoms with Gasteiger partial charge in [-0.05, 0) is 42.7 Å². The van der Waals surface area contributed by atoms with Gasteiger partial charge in [0.15, 0.2) is 0 Å². The maximum atomic E-state index is 12.4. The number of benzene rings is 2. The van der Waals surface area contributed by atoms with Crippen LogP contribution < -0.4 is 16.0 Å². The highest BCUT2D eigenvalue weighted by molar-refractivity contribution is 6.00. The minimum atomic E-state index is -0.211. The van der Waals surface area contributed by atoms with Crippen molar-refractivity contribution >= 4 is 23.4 Å². The van der Waals surface area contributed by atoms with Gasteiger partial charge in [0.25, 0.3) is 11.8 Å². The monoisotopic (exact) mass is 394 g/mol. The summed E-state index contributed by atoms with van der Waals surface area (Å²) in [5, 5.41) is 8.41. The summed E-state index contributed by atoms with van der Waals surface area (Å²) in [6, 6.07) is 14.4. The van der Waals surface area contributed by atoms with Gasteiger partial charge in [-0.25, -0.2) is 0 Å². The van der Waals surface area contributed by atoms with E-state index in [-0.39, 0.29) is 24.3 Å². The molecule has 3 amide bonds.